The van der Waals surface area contributed by atoms with E-state index in [9.17, 15) is 9.18 Å². The molecule has 0 bridgehead atoms. The van der Waals surface area contributed by atoms with Crippen LogP contribution in [0.2, 0.25) is 0 Å². The zero-order valence-electron chi connectivity index (χ0n) is 8.87. The summed E-state index contributed by atoms with van der Waals surface area (Å²) in [7, 11) is 0. The third-order valence-corrected chi connectivity index (χ3v) is 2.43. The number of benzene rings is 1. The van der Waals surface area contributed by atoms with Crippen molar-refractivity contribution in [3.63, 3.8) is 0 Å². The molecule has 2 N–H and O–H groups in total. The lowest BCUT2D eigenvalue weighted by atomic mass is 10.1. The summed E-state index contributed by atoms with van der Waals surface area (Å²) >= 11 is 3.17. The molecule has 0 saturated heterocycles. The van der Waals surface area contributed by atoms with Crippen LogP contribution in [0.1, 0.15) is 12.5 Å². The smallest absolute Gasteiger partial charge is 0.323 e. The van der Waals surface area contributed by atoms with Gasteiger partial charge in [-0.05, 0) is 37.1 Å². The molecule has 1 rings (SSSR count). The Kier molecular flexibility index (Phi) is 4.89. The second-order valence-corrected chi connectivity index (χ2v) is 4.26. The normalized spacial score (nSPS) is 12.2. The Morgan fingerprint density at radius 2 is 2.25 bits per heavy atom. The molecule has 3 nitrogen and oxygen atoms in total. The molecule has 0 radical (unpaired) electrons. The van der Waals surface area contributed by atoms with Gasteiger partial charge in [0, 0.05) is 4.47 Å². The van der Waals surface area contributed by atoms with Crippen LogP contribution >= 0.6 is 15.9 Å². The number of rotatable bonds is 4. The highest BCUT2D eigenvalue weighted by Gasteiger charge is 2.15. The number of nitrogens with two attached hydrogens (primary N) is 1. The summed E-state index contributed by atoms with van der Waals surface area (Å²) < 4.78 is 18.4. The van der Waals surface area contributed by atoms with Gasteiger partial charge in [0.25, 0.3) is 0 Å². The van der Waals surface area contributed by atoms with Gasteiger partial charge >= 0.3 is 5.97 Å². The van der Waals surface area contributed by atoms with E-state index in [-0.39, 0.29) is 12.2 Å². The van der Waals surface area contributed by atoms with Crippen LogP contribution in [0, 0.1) is 5.82 Å². The van der Waals surface area contributed by atoms with E-state index < -0.39 is 12.0 Å². The van der Waals surface area contributed by atoms with Gasteiger partial charge in [0.05, 0.1) is 6.61 Å². The number of ether oxygens (including phenoxy) is 1. The lowest BCUT2D eigenvalue weighted by Crippen LogP contribution is -2.34. The van der Waals surface area contributed by atoms with Gasteiger partial charge in [-0.25, -0.2) is 4.39 Å². The van der Waals surface area contributed by atoms with Gasteiger partial charge in [-0.3, -0.25) is 4.79 Å². The van der Waals surface area contributed by atoms with E-state index in [1.54, 1.807) is 13.0 Å². The monoisotopic (exact) mass is 289 g/mol. The number of carbonyl (C=O) groups excluding carboxylic acids is 1. The number of hydrogen-bond donors (Lipinski definition) is 1. The molecule has 1 aromatic rings. The van der Waals surface area contributed by atoms with E-state index in [1.807, 2.05) is 0 Å². The SMILES string of the molecule is CCOC(=O)C(N)Cc1cc(F)cc(Br)c1. The Bertz CT molecular complexity index is 364. The summed E-state index contributed by atoms with van der Waals surface area (Å²) in [5.41, 5.74) is 6.28. The van der Waals surface area contributed by atoms with Gasteiger partial charge in [-0.2, -0.15) is 0 Å². The fraction of sp³-hybridized carbons (Fsp3) is 0.364. The maximum Gasteiger partial charge on any atom is 0.323 e. The highest BCUT2D eigenvalue weighted by molar-refractivity contribution is 9.10. The Balaban J connectivity index is 2.69. The first-order chi connectivity index (χ1) is 7.52. The van der Waals surface area contributed by atoms with E-state index >= 15 is 0 Å². The minimum absolute atomic E-state index is 0.259. The molecule has 0 aliphatic rings. The molecule has 0 aliphatic carbocycles. The van der Waals surface area contributed by atoms with Gasteiger partial charge in [-0.1, -0.05) is 15.9 Å². The molecule has 1 aromatic carbocycles. The van der Waals surface area contributed by atoms with Crippen molar-refractivity contribution in [2.45, 2.75) is 19.4 Å². The molecule has 16 heavy (non-hydrogen) atoms. The molecule has 0 spiro atoms. The molecule has 0 saturated carbocycles. The molecule has 0 aliphatic heterocycles. The van der Waals surface area contributed by atoms with Crippen molar-refractivity contribution in [3.05, 3.63) is 34.1 Å². The summed E-state index contributed by atoms with van der Waals surface area (Å²) in [4.78, 5) is 11.3. The second kappa shape index (κ2) is 5.96. The van der Waals surface area contributed by atoms with Crippen molar-refractivity contribution in [3.8, 4) is 0 Å². The Morgan fingerprint density at radius 1 is 1.56 bits per heavy atom. The third kappa shape index (κ3) is 3.90. The Hall–Kier alpha value is -0.940. The second-order valence-electron chi connectivity index (χ2n) is 3.34. The average molecular weight is 290 g/mol. The zero-order valence-corrected chi connectivity index (χ0v) is 10.5. The highest BCUT2D eigenvalue weighted by Crippen LogP contribution is 2.16. The maximum atomic E-state index is 13.0. The quantitative estimate of drug-likeness (QED) is 0.863. The van der Waals surface area contributed by atoms with Crippen LogP contribution in [0.25, 0.3) is 0 Å². The number of esters is 1. The molecule has 5 heteroatoms. The first-order valence-electron chi connectivity index (χ1n) is 4.90. The summed E-state index contributed by atoms with van der Waals surface area (Å²) in [6, 6.07) is 3.67. The summed E-state index contributed by atoms with van der Waals surface area (Å²) in [5, 5.41) is 0. The Labute approximate surface area is 102 Å². The van der Waals surface area contributed by atoms with Crippen LogP contribution in [-0.4, -0.2) is 18.6 Å². The van der Waals surface area contributed by atoms with Crippen molar-refractivity contribution in [2.75, 3.05) is 6.61 Å². The fourth-order valence-electron chi connectivity index (χ4n) is 1.32. The number of halogens is 2. The highest BCUT2D eigenvalue weighted by atomic mass is 79.9. The lowest BCUT2D eigenvalue weighted by Gasteiger charge is -2.10. The van der Waals surface area contributed by atoms with Crippen LogP contribution in [0.3, 0.4) is 0 Å². The van der Waals surface area contributed by atoms with Gasteiger partial charge in [0.2, 0.25) is 0 Å². The van der Waals surface area contributed by atoms with Gasteiger partial charge in [0.1, 0.15) is 11.9 Å². The van der Waals surface area contributed by atoms with Crippen LogP contribution in [0.4, 0.5) is 4.39 Å². The average Bonchev–Trinajstić information content (AvgIpc) is 2.16. The molecule has 0 amide bonds. The number of carbonyl (C=O) groups is 1. The van der Waals surface area contributed by atoms with Crippen molar-refractivity contribution in [2.24, 2.45) is 5.73 Å². The largest absolute Gasteiger partial charge is 0.465 e. The third-order valence-electron chi connectivity index (χ3n) is 1.97. The van der Waals surface area contributed by atoms with Crippen molar-refractivity contribution >= 4 is 21.9 Å². The molecule has 0 heterocycles. The van der Waals surface area contributed by atoms with E-state index in [0.29, 0.717) is 16.6 Å². The molecule has 88 valence electrons. The van der Waals surface area contributed by atoms with Crippen LogP contribution in [0.15, 0.2) is 22.7 Å². The predicted octanol–water partition coefficient (Wildman–Crippen LogP) is 2.02. The molecular weight excluding hydrogens is 277 g/mol. The summed E-state index contributed by atoms with van der Waals surface area (Å²) in [6.07, 6.45) is 0.259. The first kappa shape index (κ1) is 13.1. The van der Waals surface area contributed by atoms with Gasteiger partial charge in [0.15, 0.2) is 0 Å². The Morgan fingerprint density at radius 3 is 2.81 bits per heavy atom. The lowest BCUT2D eigenvalue weighted by molar-refractivity contribution is -0.144. The molecule has 1 atom stereocenters. The van der Waals surface area contributed by atoms with Crippen molar-refractivity contribution in [1.29, 1.82) is 0 Å². The summed E-state index contributed by atoms with van der Waals surface area (Å²) in [6.45, 7) is 2.00. The van der Waals surface area contributed by atoms with E-state index in [2.05, 4.69) is 15.9 Å². The standard InChI is InChI=1S/C11H13BrFNO2/c1-2-16-11(15)10(14)5-7-3-8(12)6-9(13)4-7/h3-4,6,10H,2,5,14H2,1H3. The molecule has 1 unspecified atom stereocenters. The van der Waals surface area contributed by atoms with E-state index in [4.69, 9.17) is 10.5 Å². The maximum absolute atomic E-state index is 13.0. The fourth-order valence-corrected chi connectivity index (χ4v) is 1.83. The van der Waals surface area contributed by atoms with E-state index in [0.717, 1.165) is 0 Å². The topological polar surface area (TPSA) is 52.3 Å². The molecule has 0 aromatic heterocycles. The minimum atomic E-state index is -0.756. The summed E-state index contributed by atoms with van der Waals surface area (Å²) in [5.74, 6) is -0.830. The van der Waals surface area contributed by atoms with E-state index in [1.165, 1.54) is 12.1 Å². The van der Waals surface area contributed by atoms with Gasteiger partial charge < -0.3 is 10.5 Å². The molecule has 0 fully saturated rings. The van der Waals surface area contributed by atoms with Gasteiger partial charge in [-0.15, -0.1) is 0 Å². The van der Waals surface area contributed by atoms with Crippen LogP contribution in [0.5, 0.6) is 0 Å². The zero-order chi connectivity index (χ0) is 12.1. The number of hydrogen-bond acceptors (Lipinski definition) is 3. The molecular formula is C11H13BrFNO2. The van der Waals surface area contributed by atoms with Crippen LogP contribution in [-0.2, 0) is 16.0 Å². The first-order valence-corrected chi connectivity index (χ1v) is 5.69. The van der Waals surface area contributed by atoms with Crippen molar-refractivity contribution < 1.29 is 13.9 Å². The van der Waals surface area contributed by atoms with Crippen LogP contribution < -0.4 is 5.73 Å². The predicted molar refractivity (Wildman–Crippen MR) is 62.4 cm³/mol. The van der Waals surface area contributed by atoms with Crippen molar-refractivity contribution in [1.82, 2.24) is 0 Å². The minimum Gasteiger partial charge on any atom is -0.465 e.